The van der Waals surface area contributed by atoms with Crippen LogP contribution in [0.25, 0.3) is 0 Å². The summed E-state index contributed by atoms with van der Waals surface area (Å²) in [5.74, 6) is 0.261. The van der Waals surface area contributed by atoms with Gasteiger partial charge in [-0.15, -0.1) is 0 Å². The molecule has 0 saturated heterocycles. The van der Waals surface area contributed by atoms with Crippen LogP contribution in [-0.4, -0.2) is 18.0 Å². The third-order valence-electron chi connectivity index (χ3n) is 2.80. The van der Waals surface area contributed by atoms with E-state index >= 15 is 0 Å². The number of anilines is 1. The van der Waals surface area contributed by atoms with E-state index in [2.05, 4.69) is 26.2 Å². The lowest BCUT2D eigenvalue weighted by molar-refractivity contribution is 0.100. The number of nitrogens with two attached hydrogens (primary N) is 1. The molecule has 1 amide bonds. The number of amides is 1. The topological polar surface area (TPSA) is 77.2 Å². The Bertz CT molecular complexity index is 632. The number of nitrogens with one attached hydrogen (secondary N) is 1. The van der Waals surface area contributed by atoms with Gasteiger partial charge in [-0.3, -0.25) is 9.78 Å². The molecule has 0 unspecified atom stereocenters. The molecule has 1 heterocycles. The van der Waals surface area contributed by atoms with Crippen molar-refractivity contribution in [1.29, 1.82) is 0 Å². The van der Waals surface area contributed by atoms with Gasteiger partial charge in [0, 0.05) is 29.0 Å². The van der Waals surface area contributed by atoms with Crippen LogP contribution in [0.5, 0.6) is 5.75 Å². The van der Waals surface area contributed by atoms with Crippen LogP contribution >= 0.6 is 15.9 Å². The van der Waals surface area contributed by atoms with E-state index in [0.717, 1.165) is 15.8 Å². The number of hydrogen-bond acceptors (Lipinski definition) is 4. The summed E-state index contributed by atoms with van der Waals surface area (Å²) in [7, 11) is 1.62. The Morgan fingerprint density at radius 3 is 2.95 bits per heavy atom. The van der Waals surface area contributed by atoms with Crippen LogP contribution in [0.3, 0.4) is 0 Å². The van der Waals surface area contributed by atoms with E-state index < -0.39 is 5.91 Å². The first-order valence-electron chi connectivity index (χ1n) is 5.92. The van der Waals surface area contributed by atoms with Crippen molar-refractivity contribution >= 4 is 27.5 Å². The molecule has 6 heteroatoms. The molecule has 0 spiro atoms. The monoisotopic (exact) mass is 335 g/mol. The SMILES string of the molecule is COc1ccc(Br)cc1CNc1ccncc1C(N)=O. The standard InChI is InChI=1S/C14H14BrN3O2/c1-20-13-3-2-10(15)6-9(13)7-18-12-4-5-17-8-11(12)14(16)19/h2-6,8H,7H2,1H3,(H2,16,19)(H,17,18). The molecule has 1 aromatic heterocycles. The Morgan fingerprint density at radius 2 is 2.25 bits per heavy atom. The average molecular weight is 336 g/mol. The first kappa shape index (κ1) is 14.3. The van der Waals surface area contributed by atoms with E-state index in [1.165, 1.54) is 6.20 Å². The Hall–Kier alpha value is -2.08. The van der Waals surface area contributed by atoms with E-state index in [0.29, 0.717) is 17.8 Å². The zero-order valence-corrected chi connectivity index (χ0v) is 12.5. The van der Waals surface area contributed by atoms with Gasteiger partial charge in [0.1, 0.15) is 5.75 Å². The molecule has 2 rings (SSSR count). The maximum atomic E-state index is 11.3. The van der Waals surface area contributed by atoms with Crippen molar-refractivity contribution in [2.45, 2.75) is 6.54 Å². The van der Waals surface area contributed by atoms with Crippen LogP contribution in [0.2, 0.25) is 0 Å². The van der Waals surface area contributed by atoms with Crippen LogP contribution in [0, 0.1) is 0 Å². The van der Waals surface area contributed by atoms with E-state index in [4.69, 9.17) is 10.5 Å². The second-order valence-electron chi connectivity index (χ2n) is 4.10. The highest BCUT2D eigenvalue weighted by Crippen LogP contribution is 2.24. The van der Waals surface area contributed by atoms with Crippen molar-refractivity contribution in [2.75, 3.05) is 12.4 Å². The number of carbonyl (C=O) groups excluding carboxylic acids is 1. The van der Waals surface area contributed by atoms with Crippen LogP contribution in [-0.2, 0) is 6.54 Å². The summed E-state index contributed by atoms with van der Waals surface area (Å²) in [4.78, 5) is 15.2. The van der Waals surface area contributed by atoms with E-state index in [-0.39, 0.29) is 0 Å². The van der Waals surface area contributed by atoms with Gasteiger partial charge in [-0.2, -0.15) is 0 Å². The maximum absolute atomic E-state index is 11.3. The molecule has 0 fully saturated rings. The third kappa shape index (κ3) is 3.27. The van der Waals surface area contributed by atoms with Crippen molar-refractivity contribution in [1.82, 2.24) is 4.98 Å². The average Bonchev–Trinajstić information content (AvgIpc) is 2.45. The van der Waals surface area contributed by atoms with E-state index in [1.807, 2.05) is 18.2 Å². The quantitative estimate of drug-likeness (QED) is 0.880. The zero-order valence-electron chi connectivity index (χ0n) is 10.9. The lowest BCUT2D eigenvalue weighted by atomic mass is 10.1. The molecule has 0 aliphatic carbocycles. The second kappa shape index (κ2) is 6.38. The molecule has 0 atom stereocenters. The van der Waals surface area contributed by atoms with Crippen LogP contribution in [0.1, 0.15) is 15.9 Å². The van der Waals surface area contributed by atoms with Gasteiger partial charge >= 0.3 is 0 Å². The smallest absolute Gasteiger partial charge is 0.252 e. The largest absolute Gasteiger partial charge is 0.496 e. The fraction of sp³-hybridized carbons (Fsp3) is 0.143. The normalized spacial score (nSPS) is 10.1. The summed E-state index contributed by atoms with van der Waals surface area (Å²) in [6.45, 7) is 0.507. The number of ether oxygens (including phenoxy) is 1. The molecule has 0 aliphatic rings. The Kier molecular flexibility index (Phi) is 4.57. The molecule has 1 aromatic carbocycles. The number of nitrogens with zero attached hydrogens (tertiary/aromatic N) is 1. The van der Waals surface area contributed by atoms with Gasteiger partial charge in [0.25, 0.3) is 5.91 Å². The summed E-state index contributed by atoms with van der Waals surface area (Å²) in [6, 6.07) is 7.45. The molecule has 0 bridgehead atoms. The number of benzene rings is 1. The van der Waals surface area contributed by atoms with Crippen LogP contribution < -0.4 is 15.8 Å². The number of primary amides is 1. The minimum absolute atomic E-state index is 0.362. The van der Waals surface area contributed by atoms with Gasteiger partial charge in [0.15, 0.2) is 0 Å². The van der Waals surface area contributed by atoms with Crippen molar-refractivity contribution in [3.05, 3.63) is 52.3 Å². The van der Waals surface area contributed by atoms with Gasteiger partial charge in [-0.25, -0.2) is 0 Å². The highest BCUT2D eigenvalue weighted by atomic mass is 79.9. The molecule has 0 radical (unpaired) electrons. The van der Waals surface area contributed by atoms with Crippen molar-refractivity contribution in [3.8, 4) is 5.75 Å². The zero-order chi connectivity index (χ0) is 14.5. The Labute approximate surface area is 125 Å². The predicted octanol–water partition coefficient (Wildman–Crippen LogP) is 2.56. The van der Waals surface area contributed by atoms with Gasteiger partial charge in [-0.05, 0) is 24.3 Å². The van der Waals surface area contributed by atoms with Crippen molar-refractivity contribution in [2.24, 2.45) is 5.73 Å². The molecule has 20 heavy (non-hydrogen) atoms. The fourth-order valence-corrected chi connectivity index (χ4v) is 2.23. The first-order chi connectivity index (χ1) is 9.61. The van der Waals surface area contributed by atoms with Crippen LogP contribution in [0.15, 0.2) is 41.1 Å². The highest BCUT2D eigenvalue weighted by molar-refractivity contribution is 9.10. The van der Waals surface area contributed by atoms with Gasteiger partial charge in [0.05, 0.1) is 18.4 Å². The van der Waals surface area contributed by atoms with E-state index in [9.17, 15) is 4.79 Å². The summed E-state index contributed by atoms with van der Waals surface area (Å²) in [5, 5.41) is 3.17. The lowest BCUT2D eigenvalue weighted by Crippen LogP contribution is -2.14. The fourth-order valence-electron chi connectivity index (χ4n) is 1.82. The molecular formula is C14H14BrN3O2. The summed E-state index contributed by atoms with van der Waals surface area (Å²) in [6.07, 6.45) is 3.05. The minimum Gasteiger partial charge on any atom is -0.496 e. The van der Waals surface area contributed by atoms with Crippen molar-refractivity contribution < 1.29 is 9.53 Å². The summed E-state index contributed by atoms with van der Waals surface area (Å²) < 4.78 is 6.26. The van der Waals surface area contributed by atoms with Crippen molar-refractivity contribution in [3.63, 3.8) is 0 Å². The molecular weight excluding hydrogens is 322 g/mol. The van der Waals surface area contributed by atoms with E-state index in [1.54, 1.807) is 19.4 Å². The van der Waals surface area contributed by atoms with Gasteiger partial charge < -0.3 is 15.8 Å². The molecule has 5 nitrogen and oxygen atoms in total. The number of methoxy groups -OCH3 is 1. The second-order valence-corrected chi connectivity index (χ2v) is 5.01. The Balaban J connectivity index is 2.21. The molecule has 3 N–H and O–H groups in total. The maximum Gasteiger partial charge on any atom is 0.252 e. The third-order valence-corrected chi connectivity index (χ3v) is 3.29. The number of aromatic nitrogens is 1. The Morgan fingerprint density at radius 1 is 1.45 bits per heavy atom. The summed E-state index contributed by atoms with van der Waals surface area (Å²) in [5.41, 5.74) is 7.29. The molecule has 104 valence electrons. The summed E-state index contributed by atoms with van der Waals surface area (Å²) >= 11 is 3.42. The van der Waals surface area contributed by atoms with Gasteiger partial charge in [0.2, 0.25) is 0 Å². The number of carbonyl (C=O) groups is 1. The lowest BCUT2D eigenvalue weighted by Gasteiger charge is -2.12. The van der Waals surface area contributed by atoms with Crippen LogP contribution in [0.4, 0.5) is 5.69 Å². The van der Waals surface area contributed by atoms with Gasteiger partial charge in [-0.1, -0.05) is 15.9 Å². The predicted molar refractivity (Wildman–Crippen MR) is 80.8 cm³/mol. The number of rotatable bonds is 5. The number of pyridine rings is 1. The minimum atomic E-state index is -0.512. The number of hydrogen-bond donors (Lipinski definition) is 2. The molecule has 0 aliphatic heterocycles. The first-order valence-corrected chi connectivity index (χ1v) is 6.71. The highest BCUT2D eigenvalue weighted by Gasteiger charge is 2.09. The number of halogens is 1. The molecule has 2 aromatic rings. The molecule has 0 saturated carbocycles.